The van der Waals surface area contributed by atoms with E-state index in [0.29, 0.717) is 11.4 Å². The van der Waals surface area contributed by atoms with Crippen LogP contribution in [0.3, 0.4) is 0 Å². The zero-order chi connectivity index (χ0) is 17.3. The van der Waals surface area contributed by atoms with Gasteiger partial charge in [-0.15, -0.1) is 0 Å². The molecule has 8 heteroatoms. The summed E-state index contributed by atoms with van der Waals surface area (Å²) in [5.41, 5.74) is 0.568. The fourth-order valence-electron chi connectivity index (χ4n) is 2.85. The van der Waals surface area contributed by atoms with E-state index >= 15 is 0 Å². The number of amides is 2. The summed E-state index contributed by atoms with van der Waals surface area (Å²) in [4.78, 5) is 27.0. The maximum atomic E-state index is 13.7. The molecule has 0 saturated carbocycles. The molecule has 0 aliphatic carbocycles. The molecule has 130 valence electrons. The second-order valence-electron chi connectivity index (χ2n) is 5.87. The Bertz CT molecular complexity index is 653. The monoisotopic (exact) mass is 340 g/mol. The molecular weight excluding hydrogens is 322 g/mol. The van der Waals surface area contributed by atoms with Crippen LogP contribution in [0.25, 0.3) is 0 Å². The number of para-hydroxylation sites is 2. The van der Waals surface area contributed by atoms with Gasteiger partial charge in [0.05, 0.1) is 25.4 Å². The molecule has 0 spiro atoms. The summed E-state index contributed by atoms with van der Waals surface area (Å²) in [5.74, 6) is -3.52. The van der Waals surface area contributed by atoms with Gasteiger partial charge in [-0.2, -0.15) is 0 Å². The molecule has 2 amide bonds. The Morgan fingerprint density at radius 2 is 2.04 bits per heavy atom. The van der Waals surface area contributed by atoms with Crippen molar-refractivity contribution >= 4 is 17.5 Å². The zero-order valence-electron chi connectivity index (χ0n) is 13.2. The molecule has 0 bridgehead atoms. The Kier molecular flexibility index (Phi) is 4.40. The van der Waals surface area contributed by atoms with Crippen molar-refractivity contribution in [3.8, 4) is 5.75 Å². The maximum absolute atomic E-state index is 13.7. The van der Waals surface area contributed by atoms with Gasteiger partial charge in [0, 0.05) is 13.5 Å². The summed E-state index contributed by atoms with van der Waals surface area (Å²) in [5, 5.41) is 0. The number of rotatable bonds is 1. The van der Waals surface area contributed by atoms with Crippen molar-refractivity contribution in [2.75, 3.05) is 37.7 Å². The summed E-state index contributed by atoms with van der Waals surface area (Å²) in [6.07, 6.45) is -1.02. The Balaban J connectivity index is 1.82. The molecule has 1 unspecified atom stereocenters. The van der Waals surface area contributed by atoms with E-state index in [0.717, 1.165) is 4.90 Å². The van der Waals surface area contributed by atoms with Gasteiger partial charge in [-0.3, -0.25) is 9.59 Å². The van der Waals surface area contributed by atoms with Crippen LogP contribution in [-0.4, -0.2) is 61.6 Å². The van der Waals surface area contributed by atoms with Crippen LogP contribution in [0.1, 0.15) is 6.92 Å². The molecular formula is C16H18F2N2O4. The van der Waals surface area contributed by atoms with Gasteiger partial charge < -0.3 is 19.3 Å². The predicted molar refractivity (Wildman–Crippen MR) is 81.2 cm³/mol. The van der Waals surface area contributed by atoms with Crippen LogP contribution in [0.5, 0.6) is 5.75 Å². The Labute approximate surface area is 137 Å². The topological polar surface area (TPSA) is 59.1 Å². The van der Waals surface area contributed by atoms with Crippen LogP contribution in [-0.2, 0) is 14.3 Å². The number of carbonyl (C=O) groups is 2. The summed E-state index contributed by atoms with van der Waals surface area (Å²) >= 11 is 0. The van der Waals surface area contributed by atoms with Crippen LogP contribution in [0, 0.1) is 0 Å². The van der Waals surface area contributed by atoms with Crippen LogP contribution in [0.15, 0.2) is 24.3 Å². The molecule has 1 saturated heterocycles. The summed E-state index contributed by atoms with van der Waals surface area (Å²) in [6, 6.07) is 6.83. The van der Waals surface area contributed by atoms with Crippen LogP contribution < -0.4 is 9.64 Å². The van der Waals surface area contributed by atoms with Gasteiger partial charge >= 0.3 is 0 Å². The van der Waals surface area contributed by atoms with E-state index in [9.17, 15) is 18.4 Å². The molecule has 2 heterocycles. The number of ether oxygens (including phenoxy) is 2. The average molecular weight is 340 g/mol. The number of hydrogen-bond donors (Lipinski definition) is 0. The van der Waals surface area contributed by atoms with Crippen LogP contribution in [0.4, 0.5) is 14.5 Å². The van der Waals surface area contributed by atoms with E-state index in [2.05, 4.69) is 0 Å². The minimum Gasteiger partial charge on any atom is -0.476 e. The molecule has 2 aliphatic heterocycles. The first-order chi connectivity index (χ1) is 11.4. The zero-order valence-corrected chi connectivity index (χ0v) is 13.2. The highest BCUT2D eigenvalue weighted by Gasteiger charge is 2.40. The van der Waals surface area contributed by atoms with Crippen LogP contribution >= 0.6 is 0 Å². The number of fused-ring (bicyclic) bond motifs is 1. The fraction of sp³-hybridized carbons (Fsp3) is 0.500. The van der Waals surface area contributed by atoms with E-state index in [-0.39, 0.29) is 25.6 Å². The van der Waals surface area contributed by atoms with Gasteiger partial charge in [-0.25, -0.2) is 8.78 Å². The average Bonchev–Trinajstić information content (AvgIpc) is 2.73. The second-order valence-corrected chi connectivity index (χ2v) is 5.87. The van der Waals surface area contributed by atoms with Gasteiger partial charge in [-0.1, -0.05) is 12.1 Å². The first-order valence-electron chi connectivity index (χ1n) is 7.65. The first-order valence-corrected chi connectivity index (χ1v) is 7.65. The first kappa shape index (κ1) is 16.6. The molecule has 1 fully saturated rings. The number of hydrogen-bond acceptors (Lipinski definition) is 4. The third-order valence-corrected chi connectivity index (χ3v) is 3.98. The lowest BCUT2D eigenvalue weighted by Crippen LogP contribution is -2.53. The Morgan fingerprint density at radius 3 is 2.79 bits per heavy atom. The lowest BCUT2D eigenvalue weighted by Gasteiger charge is -2.36. The van der Waals surface area contributed by atoms with Crippen molar-refractivity contribution in [1.82, 2.24) is 4.90 Å². The van der Waals surface area contributed by atoms with Gasteiger partial charge in [0.25, 0.3) is 11.8 Å². The number of nitrogens with zero attached hydrogens (tertiary/aromatic N) is 2. The van der Waals surface area contributed by atoms with Crippen LogP contribution in [0.2, 0.25) is 0 Å². The van der Waals surface area contributed by atoms with E-state index in [1.165, 1.54) is 11.8 Å². The van der Waals surface area contributed by atoms with E-state index in [4.69, 9.17) is 9.47 Å². The molecule has 0 N–H and O–H groups in total. The molecule has 6 nitrogen and oxygen atoms in total. The summed E-state index contributed by atoms with van der Waals surface area (Å²) in [7, 11) is 0. The van der Waals surface area contributed by atoms with Gasteiger partial charge in [-0.05, 0) is 12.1 Å². The molecule has 1 aromatic rings. The minimum absolute atomic E-state index is 0.00584. The lowest BCUT2D eigenvalue weighted by atomic mass is 10.1. The van der Waals surface area contributed by atoms with Crippen molar-refractivity contribution in [2.45, 2.75) is 19.0 Å². The van der Waals surface area contributed by atoms with E-state index in [1.54, 1.807) is 24.3 Å². The normalized spacial score (nSPS) is 23.0. The highest BCUT2D eigenvalue weighted by molar-refractivity contribution is 5.95. The Morgan fingerprint density at radius 1 is 1.29 bits per heavy atom. The van der Waals surface area contributed by atoms with Gasteiger partial charge in [0.1, 0.15) is 12.4 Å². The molecule has 0 radical (unpaired) electrons. The van der Waals surface area contributed by atoms with E-state index < -0.39 is 31.1 Å². The number of alkyl halides is 2. The second kappa shape index (κ2) is 6.35. The molecule has 24 heavy (non-hydrogen) atoms. The molecule has 1 aromatic carbocycles. The number of halogens is 2. The highest BCUT2D eigenvalue weighted by Crippen LogP contribution is 2.33. The molecule has 0 aromatic heterocycles. The van der Waals surface area contributed by atoms with Crippen molar-refractivity contribution < 1.29 is 27.8 Å². The maximum Gasteiger partial charge on any atom is 0.288 e. The fourth-order valence-corrected chi connectivity index (χ4v) is 2.85. The SMILES string of the molecule is CC(=O)N1CC(C(=O)N2CCOCC(F)(F)C2)Oc2ccccc21. The lowest BCUT2D eigenvalue weighted by molar-refractivity contribution is -0.143. The smallest absolute Gasteiger partial charge is 0.288 e. The highest BCUT2D eigenvalue weighted by atomic mass is 19.3. The third-order valence-electron chi connectivity index (χ3n) is 3.98. The number of carbonyl (C=O) groups excluding carboxylic acids is 2. The number of benzene rings is 1. The third kappa shape index (κ3) is 3.33. The molecule has 1 atom stereocenters. The quantitative estimate of drug-likeness (QED) is 0.773. The van der Waals surface area contributed by atoms with Gasteiger partial charge in [0.15, 0.2) is 6.10 Å². The van der Waals surface area contributed by atoms with Crippen molar-refractivity contribution in [3.05, 3.63) is 24.3 Å². The van der Waals surface area contributed by atoms with Crippen molar-refractivity contribution in [1.29, 1.82) is 0 Å². The minimum atomic E-state index is -3.10. The predicted octanol–water partition coefficient (Wildman–Crippen LogP) is 1.29. The summed E-state index contributed by atoms with van der Waals surface area (Å²) < 4.78 is 37.8. The largest absolute Gasteiger partial charge is 0.476 e. The molecule has 3 rings (SSSR count). The van der Waals surface area contributed by atoms with Gasteiger partial charge in [0.2, 0.25) is 5.91 Å². The number of anilines is 1. The standard InChI is InChI=1S/C16H18F2N2O4/c1-11(21)20-8-14(24-13-5-3-2-4-12(13)20)15(22)19-6-7-23-10-16(17,18)9-19/h2-5,14H,6-10H2,1H3. The van der Waals surface area contributed by atoms with Crippen molar-refractivity contribution in [3.63, 3.8) is 0 Å². The summed E-state index contributed by atoms with van der Waals surface area (Å²) in [6.45, 7) is 0.0703. The molecule has 2 aliphatic rings. The Hall–Kier alpha value is -2.22. The van der Waals surface area contributed by atoms with E-state index in [1.807, 2.05) is 0 Å². The van der Waals surface area contributed by atoms with Crippen molar-refractivity contribution in [2.24, 2.45) is 0 Å².